The Labute approximate surface area is 96.5 Å². The number of carbonyl (C=O) groups is 2. The third kappa shape index (κ3) is 5.58. The van der Waals surface area contributed by atoms with E-state index in [0.29, 0.717) is 0 Å². The molecule has 5 nitrogen and oxygen atoms in total. The van der Waals surface area contributed by atoms with Crippen molar-refractivity contribution in [2.45, 2.75) is 46.3 Å². The molecule has 0 aromatic carbocycles. The predicted octanol–water partition coefficient (Wildman–Crippen LogP) is 1.71. The molecule has 1 unspecified atom stereocenters. The molecule has 94 valence electrons. The van der Waals surface area contributed by atoms with Crippen molar-refractivity contribution >= 4 is 12.1 Å². The van der Waals surface area contributed by atoms with Gasteiger partial charge in [0, 0.05) is 0 Å². The Morgan fingerprint density at radius 2 is 1.69 bits per heavy atom. The van der Waals surface area contributed by atoms with Gasteiger partial charge in [-0.15, -0.1) is 0 Å². The lowest BCUT2D eigenvalue weighted by Gasteiger charge is -2.24. The number of alkyl carbamates (subject to hydrolysis) is 1. The van der Waals surface area contributed by atoms with E-state index >= 15 is 0 Å². The smallest absolute Gasteiger partial charge is 0.408 e. The SMILES string of the molecule is COC(=O)C(NC(=O)OC(C)(C)C)C(C)C. The fourth-order valence-corrected chi connectivity index (χ4v) is 1.06. The van der Waals surface area contributed by atoms with Crippen molar-refractivity contribution in [1.29, 1.82) is 0 Å². The molecule has 0 aromatic heterocycles. The quantitative estimate of drug-likeness (QED) is 0.751. The van der Waals surface area contributed by atoms with Gasteiger partial charge in [-0.1, -0.05) is 13.8 Å². The summed E-state index contributed by atoms with van der Waals surface area (Å²) in [6.45, 7) is 8.91. The summed E-state index contributed by atoms with van der Waals surface area (Å²) >= 11 is 0. The summed E-state index contributed by atoms with van der Waals surface area (Å²) in [6.07, 6.45) is -0.614. The fourth-order valence-electron chi connectivity index (χ4n) is 1.06. The Morgan fingerprint density at radius 1 is 1.19 bits per heavy atom. The lowest BCUT2D eigenvalue weighted by molar-refractivity contribution is -0.144. The number of hydrogen-bond acceptors (Lipinski definition) is 4. The first-order chi connectivity index (χ1) is 7.17. The molecule has 0 aliphatic carbocycles. The van der Waals surface area contributed by atoms with Crippen molar-refractivity contribution < 1.29 is 19.1 Å². The molecule has 1 N–H and O–H groups in total. The Hall–Kier alpha value is -1.26. The Kier molecular flexibility index (Phi) is 5.27. The minimum atomic E-state index is -0.681. The predicted molar refractivity (Wildman–Crippen MR) is 60.0 cm³/mol. The van der Waals surface area contributed by atoms with Gasteiger partial charge in [0.05, 0.1) is 7.11 Å². The first-order valence-corrected chi connectivity index (χ1v) is 5.24. The van der Waals surface area contributed by atoms with E-state index in [1.54, 1.807) is 20.8 Å². The number of esters is 1. The van der Waals surface area contributed by atoms with Crippen molar-refractivity contribution in [3.8, 4) is 0 Å². The molecule has 0 spiro atoms. The van der Waals surface area contributed by atoms with Gasteiger partial charge in [0.2, 0.25) is 0 Å². The van der Waals surface area contributed by atoms with Gasteiger partial charge in [0.25, 0.3) is 0 Å². The third-order valence-electron chi connectivity index (χ3n) is 1.79. The van der Waals surface area contributed by atoms with Crippen LogP contribution in [0.1, 0.15) is 34.6 Å². The van der Waals surface area contributed by atoms with Gasteiger partial charge in [-0.2, -0.15) is 0 Å². The summed E-state index contributed by atoms with van der Waals surface area (Å²) < 4.78 is 9.65. The second kappa shape index (κ2) is 5.72. The Bertz CT molecular complexity index is 255. The molecule has 0 aromatic rings. The maximum absolute atomic E-state index is 11.5. The number of nitrogens with one attached hydrogen (secondary N) is 1. The molecular weight excluding hydrogens is 210 g/mol. The number of carbonyl (C=O) groups excluding carboxylic acids is 2. The van der Waals surface area contributed by atoms with Crippen LogP contribution in [0.5, 0.6) is 0 Å². The van der Waals surface area contributed by atoms with Gasteiger partial charge in [-0.05, 0) is 26.7 Å². The fraction of sp³-hybridized carbons (Fsp3) is 0.818. The molecule has 0 bridgehead atoms. The number of hydrogen-bond donors (Lipinski definition) is 1. The van der Waals surface area contributed by atoms with Gasteiger partial charge < -0.3 is 14.8 Å². The van der Waals surface area contributed by atoms with E-state index in [9.17, 15) is 9.59 Å². The molecule has 0 radical (unpaired) electrons. The van der Waals surface area contributed by atoms with Crippen LogP contribution in [0.4, 0.5) is 4.79 Å². The van der Waals surface area contributed by atoms with Gasteiger partial charge >= 0.3 is 12.1 Å². The van der Waals surface area contributed by atoms with E-state index in [0.717, 1.165) is 0 Å². The molecule has 0 aliphatic heterocycles. The molecule has 0 aliphatic rings. The summed E-state index contributed by atoms with van der Waals surface area (Å²) in [5, 5.41) is 2.49. The van der Waals surface area contributed by atoms with Crippen LogP contribution >= 0.6 is 0 Å². The van der Waals surface area contributed by atoms with Crippen LogP contribution in [0.2, 0.25) is 0 Å². The van der Waals surface area contributed by atoms with Crippen LogP contribution < -0.4 is 5.32 Å². The average Bonchev–Trinajstić information content (AvgIpc) is 2.09. The average molecular weight is 231 g/mol. The molecule has 0 fully saturated rings. The van der Waals surface area contributed by atoms with Crippen LogP contribution in [0.25, 0.3) is 0 Å². The number of amides is 1. The zero-order valence-electron chi connectivity index (χ0n) is 10.8. The monoisotopic (exact) mass is 231 g/mol. The van der Waals surface area contributed by atoms with Crippen LogP contribution in [0.15, 0.2) is 0 Å². The van der Waals surface area contributed by atoms with Crippen LogP contribution in [0.3, 0.4) is 0 Å². The lowest BCUT2D eigenvalue weighted by Crippen LogP contribution is -2.46. The topological polar surface area (TPSA) is 64.6 Å². The van der Waals surface area contributed by atoms with Crippen molar-refractivity contribution in [1.82, 2.24) is 5.32 Å². The van der Waals surface area contributed by atoms with Crippen LogP contribution in [-0.4, -0.2) is 30.8 Å². The van der Waals surface area contributed by atoms with E-state index in [1.807, 2.05) is 13.8 Å². The molecule has 16 heavy (non-hydrogen) atoms. The zero-order chi connectivity index (χ0) is 12.9. The van der Waals surface area contributed by atoms with E-state index in [2.05, 4.69) is 10.1 Å². The highest BCUT2D eigenvalue weighted by atomic mass is 16.6. The minimum Gasteiger partial charge on any atom is -0.467 e. The lowest BCUT2D eigenvalue weighted by atomic mass is 10.1. The van der Waals surface area contributed by atoms with Crippen LogP contribution in [-0.2, 0) is 14.3 Å². The standard InChI is InChI=1S/C11H21NO4/c1-7(2)8(9(13)15-6)12-10(14)16-11(3,4)5/h7-8H,1-6H3,(H,12,14). The molecule has 0 heterocycles. The second-order valence-electron chi connectivity index (χ2n) is 4.89. The van der Waals surface area contributed by atoms with Gasteiger partial charge in [-0.25, -0.2) is 9.59 Å². The maximum atomic E-state index is 11.5. The van der Waals surface area contributed by atoms with Crippen molar-refractivity contribution in [3.63, 3.8) is 0 Å². The Balaban J connectivity index is 4.42. The summed E-state index contributed by atoms with van der Waals surface area (Å²) in [5.74, 6) is -0.527. The van der Waals surface area contributed by atoms with Gasteiger partial charge in [0.1, 0.15) is 11.6 Å². The van der Waals surface area contributed by atoms with E-state index in [-0.39, 0.29) is 5.92 Å². The molecule has 0 rings (SSSR count). The van der Waals surface area contributed by atoms with E-state index in [4.69, 9.17) is 4.74 Å². The molecule has 0 saturated carbocycles. The normalized spacial score (nSPS) is 13.2. The highest BCUT2D eigenvalue weighted by Crippen LogP contribution is 2.09. The maximum Gasteiger partial charge on any atom is 0.408 e. The van der Waals surface area contributed by atoms with E-state index < -0.39 is 23.7 Å². The minimum absolute atomic E-state index is 0.0556. The number of methoxy groups -OCH3 is 1. The first kappa shape index (κ1) is 14.7. The van der Waals surface area contributed by atoms with Gasteiger partial charge in [0.15, 0.2) is 0 Å². The molecule has 0 saturated heterocycles. The summed E-state index contributed by atoms with van der Waals surface area (Å²) in [5.41, 5.74) is -0.582. The van der Waals surface area contributed by atoms with Gasteiger partial charge in [-0.3, -0.25) is 0 Å². The second-order valence-corrected chi connectivity index (χ2v) is 4.89. The molecular formula is C11H21NO4. The van der Waals surface area contributed by atoms with Crippen LogP contribution in [0, 0.1) is 5.92 Å². The highest BCUT2D eigenvalue weighted by Gasteiger charge is 2.27. The summed E-state index contributed by atoms with van der Waals surface area (Å²) in [7, 11) is 1.29. The van der Waals surface area contributed by atoms with Crippen molar-refractivity contribution in [2.24, 2.45) is 5.92 Å². The third-order valence-corrected chi connectivity index (χ3v) is 1.79. The Morgan fingerprint density at radius 3 is 2.00 bits per heavy atom. The number of ether oxygens (including phenoxy) is 2. The van der Waals surface area contributed by atoms with E-state index in [1.165, 1.54) is 7.11 Å². The summed E-state index contributed by atoms with van der Waals surface area (Å²) in [6, 6.07) is -0.681. The largest absolute Gasteiger partial charge is 0.467 e. The van der Waals surface area contributed by atoms with Crippen molar-refractivity contribution in [3.05, 3.63) is 0 Å². The summed E-state index contributed by atoms with van der Waals surface area (Å²) in [4.78, 5) is 22.8. The van der Waals surface area contributed by atoms with Crippen molar-refractivity contribution in [2.75, 3.05) is 7.11 Å². The molecule has 5 heteroatoms. The zero-order valence-corrected chi connectivity index (χ0v) is 10.8. The number of rotatable bonds is 3. The highest BCUT2D eigenvalue weighted by molar-refractivity contribution is 5.81. The molecule has 1 atom stereocenters. The first-order valence-electron chi connectivity index (χ1n) is 5.24. The molecule has 1 amide bonds.